The minimum atomic E-state index is -1.25. The minimum absolute atomic E-state index is 0.0444. The molecular formula is C11H13F3N2S. The van der Waals surface area contributed by atoms with Crippen molar-refractivity contribution in [3.8, 4) is 0 Å². The molecule has 1 aromatic heterocycles. The van der Waals surface area contributed by atoms with Crippen LogP contribution in [0.2, 0.25) is 0 Å². The average Bonchev–Trinajstić information content (AvgIpc) is 2.22. The second-order valence-electron chi connectivity index (χ2n) is 4.60. The first kappa shape index (κ1) is 12.5. The Morgan fingerprint density at radius 2 is 2.00 bits per heavy atom. The number of rotatable bonds is 1. The van der Waals surface area contributed by atoms with Gasteiger partial charge in [0.1, 0.15) is 0 Å². The first-order valence-electron chi connectivity index (χ1n) is 5.29. The van der Waals surface area contributed by atoms with Gasteiger partial charge < -0.3 is 4.90 Å². The zero-order valence-corrected chi connectivity index (χ0v) is 10.5. The van der Waals surface area contributed by atoms with Crippen molar-refractivity contribution < 1.29 is 13.2 Å². The first-order valence-corrected chi connectivity index (χ1v) is 6.28. The van der Waals surface area contributed by atoms with Gasteiger partial charge in [-0.3, -0.25) is 0 Å². The number of hydrogen-bond acceptors (Lipinski definition) is 3. The standard InChI is InChI=1S/C11H13F3N2S/c1-11(2)6-16(3-4-17-11)10-8(13)5-7(12)9(14)15-10/h5H,3-4,6H2,1-2H3. The number of halogens is 3. The fraction of sp³-hybridized carbons (Fsp3) is 0.545. The highest BCUT2D eigenvalue weighted by atomic mass is 32.2. The van der Waals surface area contributed by atoms with Crippen LogP contribution in [0.15, 0.2) is 6.07 Å². The molecule has 1 aliphatic heterocycles. The lowest BCUT2D eigenvalue weighted by molar-refractivity contribution is 0.461. The van der Waals surface area contributed by atoms with Gasteiger partial charge in [-0.25, -0.2) is 8.78 Å². The minimum Gasteiger partial charge on any atom is -0.352 e. The lowest BCUT2D eigenvalue weighted by atomic mass is 10.2. The molecule has 0 aromatic carbocycles. The van der Waals surface area contributed by atoms with Crippen LogP contribution in [0.5, 0.6) is 0 Å². The Bertz CT molecular complexity index is 437. The van der Waals surface area contributed by atoms with Crippen molar-refractivity contribution in [1.29, 1.82) is 0 Å². The molecule has 0 amide bonds. The van der Waals surface area contributed by atoms with E-state index in [9.17, 15) is 13.2 Å². The fourth-order valence-electron chi connectivity index (χ4n) is 1.85. The summed E-state index contributed by atoms with van der Waals surface area (Å²) >= 11 is 1.77. The van der Waals surface area contributed by atoms with E-state index in [-0.39, 0.29) is 10.6 Å². The predicted molar refractivity (Wildman–Crippen MR) is 62.9 cm³/mol. The Kier molecular flexibility index (Phi) is 3.25. The largest absolute Gasteiger partial charge is 0.352 e. The van der Waals surface area contributed by atoms with Gasteiger partial charge >= 0.3 is 0 Å². The average molecular weight is 262 g/mol. The van der Waals surface area contributed by atoms with Gasteiger partial charge in [0, 0.05) is 29.7 Å². The molecule has 0 atom stereocenters. The van der Waals surface area contributed by atoms with Gasteiger partial charge in [0.05, 0.1) is 0 Å². The normalized spacial score (nSPS) is 19.5. The second-order valence-corrected chi connectivity index (χ2v) is 6.40. The molecule has 2 nitrogen and oxygen atoms in total. The summed E-state index contributed by atoms with van der Waals surface area (Å²) in [6, 6.07) is 0.548. The van der Waals surface area contributed by atoms with E-state index in [0.29, 0.717) is 19.2 Å². The van der Waals surface area contributed by atoms with Crippen LogP contribution < -0.4 is 4.90 Å². The number of hydrogen-bond donors (Lipinski definition) is 0. The highest BCUT2D eigenvalue weighted by Gasteiger charge is 2.29. The summed E-state index contributed by atoms with van der Waals surface area (Å²) in [5, 5.41) is 0. The molecule has 6 heteroatoms. The van der Waals surface area contributed by atoms with E-state index in [1.165, 1.54) is 0 Å². The first-order chi connectivity index (χ1) is 7.89. The summed E-state index contributed by atoms with van der Waals surface area (Å²) in [5.74, 6) is -2.61. The molecule has 0 bridgehead atoms. The molecule has 0 saturated carbocycles. The maximum absolute atomic E-state index is 13.5. The molecule has 17 heavy (non-hydrogen) atoms. The van der Waals surface area contributed by atoms with E-state index < -0.39 is 17.6 Å². The third-order valence-electron chi connectivity index (χ3n) is 2.59. The summed E-state index contributed by atoms with van der Waals surface area (Å²) in [6.45, 7) is 5.21. The van der Waals surface area contributed by atoms with Crippen LogP contribution in [-0.2, 0) is 0 Å². The van der Waals surface area contributed by atoms with Gasteiger partial charge in [0.2, 0.25) is 0 Å². The van der Waals surface area contributed by atoms with E-state index in [1.807, 2.05) is 13.8 Å². The zero-order valence-electron chi connectivity index (χ0n) is 9.64. The van der Waals surface area contributed by atoms with E-state index >= 15 is 0 Å². The molecule has 0 N–H and O–H groups in total. The molecular weight excluding hydrogens is 249 g/mol. The third-order valence-corrected chi connectivity index (χ3v) is 3.89. The van der Waals surface area contributed by atoms with Crippen molar-refractivity contribution in [1.82, 2.24) is 4.98 Å². The molecule has 1 saturated heterocycles. The smallest absolute Gasteiger partial charge is 0.251 e. The maximum atomic E-state index is 13.5. The van der Waals surface area contributed by atoms with Gasteiger partial charge in [-0.1, -0.05) is 0 Å². The molecule has 94 valence electrons. The van der Waals surface area contributed by atoms with Crippen LogP contribution in [0.4, 0.5) is 19.0 Å². The Morgan fingerprint density at radius 3 is 2.65 bits per heavy atom. The van der Waals surface area contributed by atoms with Crippen molar-refractivity contribution in [2.24, 2.45) is 0 Å². The van der Waals surface area contributed by atoms with Gasteiger partial charge in [-0.2, -0.15) is 21.1 Å². The Labute approximate surface area is 102 Å². The van der Waals surface area contributed by atoms with Crippen LogP contribution in [0, 0.1) is 17.6 Å². The number of anilines is 1. The van der Waals surface area contributed by atoms with Crippen LogP contribution >= 0.6 is 11.8 Å². The van der Waals surface area contributed by atoms with Gasteiger partial charge in [0.15, 0.2) is 17.5 Å². The molecule has 0 aliphatic carbocycles. The summed E-state index contributed by atoms with van der Waals surface area (Å²) < 4.78 is 39.3. The van der Waals surface area contributed by atoms with E-state index in [1.54, 1.807) is 16.7 Å². The van der Waals surface area contributed by atoms with Crippen LogP contribution in [0.25, 0.3) is 0 Å². The molecule has 1 fully saturated rings. The summed E-state index contributed by atoms with van der Waals surface area (Å²) in [7, 11) is 0. The molecule has 0 spiro atoms. The molecule has 1 aromatic rings. The molecule has 0 unspecified atom stereocenters. The Morgan fingerprint density at radius 1 is 1.29 bits per heavy atom. The van der Waals surface area contributed by atoms with Gasteiger partial charge in [0.25, 0.3) is 5.95 Å². The van der Waals surface area contributed by atoms with Crippen molar-refractivity contribution in [2.75, 3.05) is 23.7 Å². The van der Waals surface area contributed by atoms with Crippen molar-refractivity contribution in [3.05, 3.63) is 23.6 Å². The van der Waals surface area contributed by atoms with Crippen LogP contribution in [0.3, 0.4) is 0 Å². The third kappa shape index (κ3) is 2.68. The Balaban J connectivity index is 2.31. The van der Waals surface area contributed by atoms with Gasteiger partial charge in [-0.15, -0.1) is 0 Å². The fourth-order valence-corrected chi connectivity index (χ4v) is 2.97. The topological polar surface area (TPSA) is 16.1 Å². The number of pyridine rings is 1. The van der Waals surface area contributed by atoms with Crippen molar-refractivity contribution >= 4 is 17.6 Å². The van der Waals surface area contributed by atoms with Crippen molar-refractivity contribution in [3.63, 3.8) is 0 Å². The van der Waals surface area contributed by atoms with Gasteiger partial charge in [-0.05, 0) is 13.8 Å². The van der Waals surface area contributed by atoms with Crippen molar-refractivity contribution in [2.45, 2.75) is 18.6 Å². The summed E-state index contributed by atoms with van der Waals surface area (Å²) in [4.78, 5) is 5.02. The van der Waals surface area contributed by atoms with E-state index in [0.717, 1.165) is 5.75 Å². The summed E-state index contributed by atoms with van der Waals surface area (Å²) in [6.07, 6.45) is 0. The predicted octanol–water partition coefficient (Wildman–Crippen LogP) is 2.83. The Hall–Kier alpha value is -0.910. The lowest BCUT2D eigenvalue weighted by Gasteiger charge is -2.38. The quantitative estimate of drug-likeness (QED) is 0.724. The number of nitrogens with zero attached hydrogens (tertiary/aromatic N) is 2. The van der Waals surface area contributed by atoms with E-state index in [2.05, 4.69) is 4.98 Å². The van der Waals surface area contributed by atoms with Crippen LogP contribution in [0.1, 0.15) is 13.8 Å². The lowest BCUT2D eigenvalue weighted by Crippen LogP contribution is -2.44. The molecule has 2 heterocycles. The number of aromatic nitrogens is 1. The zero-order chi connectivity index (χ0) is 12.6. The maximum Gasteiger partial charge on any atom is 0.251 e. The second kappa shape index (κ2) is 4.40. The SMILES string of the molecule is CC1(C)CN(c2nc(F)c(F)cc2F)CCS1. The summed E-state index contributed by atoms with van der Waals surface area (Å²) in [5.41, 5.74) is 0. The highest BCUT2D eigenvalue weighted by Crippen LogP contribution is 2.32. The molecule has 0 radical (unpaired) electrons. The number of thioether (sulfide) groups is 1. The monoisotopic (exact) mass is 262 g/mol. The molecule has 2 rings (SSSR count). The molecule has 1 aliphatic rings. The van der Waals surface area contributed by atoms with E-state index in [4.69, 9.17) is 0 Å². The van der Waals surface area contributed by atoms with Crippen LogP contribution in [-0.4, -0.2) is 28.6 Å². The highest BCUT2D eigenvalue weighted by molar-refractivity contribution is 8.00.